The van der Waals surface area contributed by atoms with Gasteiger partial charge in [-0.3, -0.25) is 19.4 Å². The van der Waals surface area contributed by atoms with E-state index in [2.05, 4.69) is 40.7 Å². The third-order valence-electron chi connectivity index (χ3n) is 5.76. The largest absolute Gasteiger partial charge is 0.303 e. The SMILES string of the molecule is Cn1cc(-c2cc3cc(CC(=O)C4CCN(CC(C)(C)C)CC4)ncc3cn2)cn1. The summed E-state index contributed by atoms with van der Waals surface area (Å²) >= 11 is 0. The van der Waals surface area contributed by atoms with Crippen molar-refractivity contribution in [2.75, 3.05) is 19.6 Å². The Labute approximate surface area is 178 Å². The molecule has 4 heterocycles. The fraction of sp³-hybridized carbons (Fsp3) is 0.500. The van der Waals surface area contributed by atoms with E-state index in [9.17, 15) is 4.79 Å². The first-order chi connectivity index (χ1) is 14.3. The molecule has 0 radical (unpaired) electrons. The molecule has 0 bridgehead atoms. The number of ketones is 1. The van der Waals surface area contributed by atoms with Gasteiger partial charge < -0.3 is 4.90 Å². The van der Waals surface area contributed by atoms with Crippen LogP contribution in [0.4, 0.5) is 0 Å². The van der Waals surface area contributed by atoms with Crippen LogP contribution in [0.15, 0.2) is 36.9 Å². The van der Waals surface area contributed by atoms with Crippen molar-refractivity contribution in [2.24, 2.45) is 18.4 Å². The second-order valence-electron chi connectivity index (χ2n) is 9.75. The molecule has 0 atom stereocenters. The van der Waals surface area contributed by atoms with Gasteiger partial charge in [0.05, 0.1) is 11.9 Å². The van der Waals surface area contributed by atoms with Crippen molar-refractivity contribution >= 4 is 16.6 Å². The molecular formula is C24H31N5O. The third-order valence-corrected chi connectivity index (χ3v) is 5.76. The molecule has 4 rings (SSSR count). The molecule has 0 saturated carbocycles. The predicted molar refractivity (Wildman–Crippen MR) is 119 cm³/mol. The number of aromatic nitrogens is 4. The van der Waals surface area contributed by atoms with Crippen molar-refractivity contribution in [3.05, 3.63) is 42.6 Å². The van der Waals surface area contributed by atoms with Crippen molar-refractivity contribution < 1.29 is 4.79 Å². The first-order valence-electron chi connectivity index (χ1n) is 10.8. The number of piperidine rings is 1. The number of pyridine rings is 2. The zero-order chi connectivity index (χ0) is 21.3. The lowest BCUT2D eigenvalue weighted by Gasteiger charge is -2.35. The molecule has 0 N–H and O–H groups in total. The number of nitrogens with zero attached hydrogens (tertiary/aromatic N) is 5. The summed E-state index contributed by atoms with van der Waals surface area (Å²) in [4.78, 5) is 24.4. The highest BCUT2D eigenvalue weighted by molar-refractivity contribution is 5.87. The maximum absolute atomic E-state index is 12.9. The number of aryl methyl sites for hydroxylation is 1. The Morgan fingerprint density at radius 3 is 2.47 bits per heavy atom. The van der Waals surface area contributed by atoms with Crippen molar-refractivity contribution in [1.29, 1.82) is 0 Å². The average Bonchev–Trinajstić information content (AvgIpc) is 3.13. The molecule has 1 aliphatic rings. The van der Waals surface area contributed by atoms with E-state index >= 15 is 0 Å². The highest BCUT2D eigenvalue weighted by Crippen LogP contribution is 2.25. The lowest BCUT2D eigenvalue weighted by atomic mass is 9.88. The zero-order valence-electron chi connectivity index (χ0n) is 18.4. The Morgan fingerprint density at radius 2 is 1.80 bits per heavy atom. The molecule has 6 heteroatoms. The van der Waals surface area contributed by atoms with E-state index in [1.807, 2.05) is 44.0 Å². The molecule has 0 aromatic carbocycles. The number of hydrogen-bond donors (Lipinski definition) is 0. The third kappa shape index (κ3) is 4.93. The second-order valence-corrected chi connectivity index (χ2v) is 9.75. The summed E-state index contributed by atoms with van der Waals surface area (Å²) in [5, 5.41) is 6.26. The van der Waals surface area contributed by atoms with Crippen LogP contribution in [0.1, 0.15) is 39.3 Å². The van der Waals surface area contributed by atoms with Crippen LogP contribution in [0, 0.1) is 11.3 Å². The molecule has 1 fully saturated rings. The quantitative estimate of drug-likeness (QED) is 0.644. The number of carbonyl (C=O) groups excluding carboxylic acids is 1. The molecule has 3 aromatic heterocycles. The number of rotatable bonds is 5. The summed E-state index contributed by atoms with van der Waals surface area (Å²) in [6.07, 6.45) is 9.74. The maximum Gasteiger partial charge on any atom is 0.142 e. The standard InChI is InChI=1S/C24H31N5O/c1-24(2,3)16-29-7-5-17(6-8-29)23(30)11-21-9-18-10-22(20-14-27-28(4)15-20)26-13-19(18)12-25-21/h9-10,12-15,17H,5-8,11,16H2,1-4H3. The molecule has 3 aromatic rings. The van der Waals surface area contributed by atoms with E-state index in [-0.39, 0.29) is 5.92 Å². The Morgan fingerprint density at radius 1 is 1.07 bits per heavy atom. The van der Waals surface area contributed by atoms with Gasteiger partial charge in [-0.2, -0.15) is 5.10 Å². The van der Waals surface area contributed by atoms with Gasteiger partial charge >= 0.3 is 0 Å². The number of carbonyl (C=O) groups is 1. The molecule has 6 nitrogen and oxygen atoms in total. The summed E-state index contributed by atoms with van der Waals surface area (Å²) in [6, 6.07) is 4.08. The predicted octanol–water partition coefficient (Wildman–Crippen LogP) is 3.90. The number of Topliss-reactive ketones (excluding diaryl/α,β-unsaturated/α-hetero) is 1. The first-order valence-corrected chi connectivity index (χ1v) is 10.8. The Bertz CT molecular complexity index is 1040. The van der Waals surface area contributed by atoms with Gasteiger partial charge in [0.2, 0.25) is 0 Å². The van der Waals surface area contributed by atoms with Gasteiger partial charge in [-0.1, -0.05) is 20.8 Å². The van der Waals surface area contributed by atoms with Crippen molar-refractivity contribution in [2.45, 2.75) is 40.0 Å². The van der Waals surface area contributed by atoms with Gasteiger partial charge in [0.1, 0.15) is 5.78 Å². The smallest absolute Gasteiger partial charge is 0.142 e. The molecule has 0 spiro atoms. The van der Waals surface area contributed by atoms with Crippen molar-refractivity contribution in [3.8, 4) is 11.3 Å². The molecule has 0 aliphatic carbocycles. The normalized spacial score (nSPS) is 16.3. The Kier molecular flexibility index (Phi) is 5.69. The van der Waals surface area contributed by atoms with Gasteiger partial charge in [-0.25, -0.2) is 0 Å². The van der Waals surface area contributed by atoms with E-state index in [0.717, 1.165) is 60.2 Å². The monoisotopic (exact) mass is 405 g/mol. The summed E-state index contributed by atoms with van der Waals surface area (Å²) in [5.41, 5.74) is 3.00. The molecule has 158 valence electrons. The number of hydrogen-bond acceptors (Lipinski definition) is 5. The summed E-state index contributed by atoms with van der Waals surface area (Å²) in [6.45, 7) is 9.92. The van der Waals surface area contributed by atoms with Gasteiger partial charge in [0.25, 0.3) is 0 Å². The van der Waals surface area contributed by atoms with Crippen LogP contribution in [-0.4, -0.2) is 50.1 Å². The van der Waals surface area contributed by atoms with Crippen LogP contribution >= 0.6 is 0 Å². The number of likely N-dealkylation sites (tertiary alicyclic amines) is 1. The van der Waals surface area contributed by atoms with Crippen molar-refractivity contribution in [3.63, 3.8) is 0 Å². The van der Waals surface area contributed by atoms with Crippen LogP contribution < -0.4 is 0 Å². The minimum atomic E-state index is 0.155. The number of fused-ring (bicyclic) bond motifs is 1. The van der Waals surface area contributed by atoms with E-state index in [1.54, 1.807) is 4.68 Å². The average molecular weight is 406 g/mol. The van der Waals surface area contributed by atoms with Gasteiger partial charge in [0, 0.05) is 61.2 Å². The first kappa shape index (κ1) is 20.7. The minimum absolute atomic E-state index is 0.155. The van der Waals surface area contributed by atoms with E-state index in [4.69, 9.17) is 0 Å². The van der Waals surface area contributed by atoms with Gasteiger partial charge in [-0.15, -0.1) is 0 Å². The van der Waals surface area contributed by atoms with Gasteiger partial charge in [0.15, 0.2) is 0 Å². The molecule has 30 heavy (non-hydrogen) atoms. The fourth-order valence-electron chi connectivity index (χ4n) is 4.30. The fourth-order valence-corrected chi connectivity index (χ4v) is 4.30. The highest BCUT2D eigenvalue weighted by Gasteiger charge is 2.27. The van der Waals surface area contributed by atoms with E-state index in [1.165, 1.54) is 0 Å². The summed E-state index contributed by atoms with van der Waals surface area (Å²) < 4.78 is 1.77. The van der Waals surface area contributed by atoms with Crippen LogP contribution in [0.3, 0.4) is 0 Å². The summed E-state index contributed by atoms with van der Waals surface area (Å²) in [5.74, 6) is 0.473. The zero-order valence-corrected chi connectivity index (χ0v) is 18.4. The Hall–Kier alpha value is -2.60. The maximum atomic E-state index is 12.9. The lowest BCUT2D eigenvalue weighted by molar-refractivity contribution is -0.123. The van der Waals surface area contributed by atoms with Crippen LogP contribution in [0.25, 0.3) is 22.0 Å². The Balaban J connectivity index is 1.43. The second kappa shape index (κ2) is 8.26. The molecule has 0 amide bonds. The topological polar surface area (TPSA) is 63.9 Å². The van der Waals surface area contributed by atoms with Crippen LogP contribution in [0.2, 0.25) is 0 Å². The highest BCUT2D eigenvalue weighted by atomic mass is 16.1. The molecular weight excluding hydrogens is 374 g/mol. The van der Waals surface area contributed by atoms with E-state index < -0.39 is 0 Å². The van der Waals surface area contributed by atoms with Crippen LogP contribution in [-0.2, 0) is 18.3 Å². The van der Waals surface area contributed by atoms with Crippen molar-refractivity contribution in [1.82, 2.24) is 24.6 Å². The minimum Gasteiger partial charge on any atom is -0.303 e. The molecule has 0 unspecified atom stereocenters. The summed E-state index contributed by atoms with van der Waals surface area (Å²) in [7, 11) is 1.89. The molecule has 1 aliphatic heterocycles. The van der Waals surface area contributed by atoms with E-state index in [0.29, 0.717) is 17.6 Å². The molecule has 1 saturated heterocycles. The lowest BCUT2D eigenvalue weighted by Crippen LogP contribution is -2.40. The van der Waals surface area contributed by atoms with Crippen LogP contribution in [0.5, 0.6) is 0 Å². The van der Waals surface area contributed by atoms with Gasteiger partial charge in [-0.05, 0) is 48.9 Å².